The number of aromatic amines is 1. The van der Waals surface area contributed by atoms with E-state index in [-0.39, 0.29) is 0 Å². The lowest BCUT2D eigenvalue weighted by Crippen LogP contribution is -1.98. The van der Waals surface area contributed by atoms with Crippen molar-refractivity contribution in [3.8, 4) is 5.75 Å². The molecule has 1 atom stereocenters. The van der Waals surface area contributed by atoms with Gasteiger partial charge in [-0.05, 0) is 13.0 Å². The van der Waals surface area contributed by atoms with E-state index in [1.165, 1.54) is 0 Å². The number of hydrogen-bond donors (Lipinski definition) is 2. The summed E-state index contributed by atoms with van der Waals surface area (Å²) in [7, 11) is 1.63. The molecule has 1 unspecified atom stereocenters. The quantitative estimate of drug-likeness (QED) is 0.726. The average Bonchev–Trinajstić information content (AvgIpc) is 2.76. The predicted molar refractivity (Wildman–Crippen MR) is 70.8 cm³/mol. The topological polar surface area (TPSA) is 58.1 Å². The fraction of sp³-hybridized carbons (Fsp3) is 0.214. The van der Waals surface area contributed by atoms with E-state index < -0.39 is 6.10 Å². The normalized spacial score (nSPS) is 13.1. The van der Waals surface area contributed by atoms with Crippen LogP contribution in [0.4, 0.5) is 0 Å². The van der Waals surface area contributed by atoms with Gasteiger partial charge in [-0.2, -0.15) is 0 Å². The molecule has 0 spiro atoms. The fourth-order valence-electron chi connectivity index (χ4n) is 2.32. The number of aliphatic hydroxyl groups excluding tert-OH is 1. The number of ether oxygens (including phenoxy) is 1. The van der Waals surface area contributed by atoms with Crippen molar-refractivity contribution in [3.05, 3.63) is 36.2 Å². The molecule has 0 saturated carbocycles. The van der Waals surface area contributed by atoms with Crippen LogP contribution >= 0.6 is 0 Å². The molecule has 0 bridgehead atoms. The first-order chi connectivity index (χ1) is 8.72. The van der Waals surface area contributed by atoms with Gasteiger partial charge in [0, 0.05) is 10.9 Å². The van der Waals surface area contributed by atoms with Crippen molar-refractivity contribution in [2.45, 2.75) is 13.0 Å². The second-order valence-electron chi connectivity index (χ2n) is 4.31. The summed E-state index contributed by atoms with van der Waals surface area (Å²) >= 11 is 0. The number of rotatable bonds is 2. The zero-order chi connectivity index (χ0) is 12.7. The number of para-hydroxylation sites is 1. The third-order valence-corrected chi connectivity index (χ3v) is 3.15. The van der Waals surface area contributed by atoms with Gasteiger partial charge in [-0.1, -0.05) is 18.2 Å². The van der Waals surface area contributed by atoms with Gasteiger partial charge in [0.1, 0.15) is 5.75 Å². The Hall–Kier alpha value is -2.07. The zero-order valence-electron chi connectivity index (χ0n) is 10.3. The highest BCUT2D eigenvalue weighted by atomic mass is 16.5. The number of nitrogens with zero attached hydrogens (tertiary/aromatic N) is 1. The fourth-order valence-corrected chi connectivity index (χ4v) is 2.32. The number of pyridine rings is 1. The Kier molecular flexibility index (Phi) is 2.45. The van der Waals surface area contributed by atoms with E-state index >= 15 is 0 Å². The van der Waals surface area contributed by atoms with Gasteiger partial charge < -0.3 is 14.8 Å². The number of hydrogen-bond acceptors (Lipinski definition) is 3. The van der Waals surface area contributed by atoms with Crippen LogP contribution in [0.15, 0.2) is 30.5 Å². The Morgan fingerprint density at radius 2 is 2.11 bits per heavy atom. The Morgan fingerprint density at radius 1 is 1.33 bits per heavy atom. The highest BCUT2D eigenvalue weighted by molar-refractivity contribution is 6.10. The van der Waals surface area contributed by atoms with Crippen LogP contribution in [0.1, 0.15) is 18.7 Å². The number of aliphatic hydroxyl groups is 1. The molecular formula is C14H14N2O2. The van der Waals surface area contributed by atoms with Gasteiger partial charge in [0.05, 0.1) is 36.0 Å². The third kappa shape index (κ3) is 1.46. The van der Waals surface area contributed by atoms with Gasteiger partial charge in [0.15, 0.2) is 0 Å². The minimum Gasteiger partial charge on any atom is -0.494 e. The van der Waals surface area contributed by atoms with Crippen molar-refractivity contribution in [1.82, 2.24) is 9.97 Å². The van der Waals surface area contributed by atoms with Gasteiger partial charge in [0.25, 0.3) is 0 Å². The number of nitrogens with one attached hydrogen (secondary N) is 1. The van der Waals surface area contributed by atoms with Crippen LogP contribution in [0.3, 0.4) is 0 Å². The first kappa shape index (κ1) is 11.0. The monoisotopic (exact) mass is 242 g/mol. The second-order valence-corrected chi connectivity index (χ2v) is 4.31. The minimum absolute atomic E-state index is 0.619. The first-order valence-electron chi connectivity index (χ1n) is 5.83. The molecule has 4 heteroatoms. The molecule has 2 heterocycles. The van der Waals surface area contributed by atoms with Crippen LogP contribution < -0.4 is 4.74 Å². The Balaban J connectivity index is 2.51. The van der Waals surface area contributed by atoms with Crippen molar-refractivity contribution in [2.24, 2.45) is 0 Å². The number of benzene rings is 1. The molecule has 92 valence electrons. The van der Waals surface area contributed by atoms with Gasteiger partial charge in [-0.3, -0.25) is 4.98 Å². The molecule has 18 heavy (non-hydrogen) atoms. The van der Waals surface area contributed by atoms with E-state index in [0.29, 0.717) is 11.4 Å². The number of aromatic nitrogens is 2. The van der Waals surface area contributed by atoms with Crippen molar-refractivity contribution >= 4 is 21.8 Å². The van der Waals surface area contributed by atoms with Gasteiger partial charge in [-0.25, -0.2) is 0 Å². The van der Waals surface area contributed by atoms with Crippen LogP contribution in [-0.4, -0.2) is 22.2 Å². The van der Waals surface area contributed by atoms with E-state index in [4.69, 9.17) is 4.74 Å². The molecule has 1 aromatic carbocycles. The summed E-state index contributed by atoms with van der Waals surface area (Å²) in [4.78, 5) is 7.57. The molecule has 0 aliphatic carbocycles. The summed E-state index contributed by atoms with van der Waals surface area (Å²) in [6.07, 6.45) is 1.04. The van der Waals surface area contributed by atoms with Crippen molar-refractivity contribution in [3.63, 3.8) is 0 Å². The Labute approximate surface area is 104 Å². The van der Waals surface area contributed by atoms with Gasteiger partial charge in [0.2, 0.25) is 0 Å². The molecule has 2 N–H and O–H groups in total. The summed E-state index contributed by atoms with van der Waals surface area (Å²) in [5.74, 6) is 0.715. The molecular weight excluding hydrogens is 228 g/mol. The smallest absolute Gasteiger partial charge is 0.147 e. The summed E-state index contributed by atoms with van der Waals surface area (Å²) < 4.78 is 5.36. The molecule has 0 aliphatic heterocycles. The minimum atomic E-state index is -0.619. The molecule has 0 saturated heterocycles. The lowest BCUT2D eigenvalue weighted by atomic mass is 10.1. The van der Waals surface area contributed by atoms with E-state index in [9.17, 15) is 5.11 Å². The zero-order valence-corrected chi connectivity index (χ0v) is 10.3. The van der Waals surface area contributed by atoms with Crippen molar-refractivity contribution in [2.75, 3.05) is 7.11 Å². The van der Waals surface area contributed by atoms with Crippen LogP contribution in [0.25, 0.3) is 21.8 Å². The first-order valence-corrected chi connectivity index (χ1v) is 5.83. The lowest BCUT2D eigenvalue weighted by molar-refractivity contribution is 0.196. The third-order valence-electron chi connectivity index (χ3n) is 3.15. The maximum Gasteiger partial charge on any atom is 0.147 e. The van der Waals surface area contributed by atoms with Crippen molar-refractivity contribution < 1.29 is 9.84 Å². The standard InChI is InChI=1S/C14H14N2O2/c1-8(17)13-14-12(11(18-2)7-15-13)9-5-3-4-6-10(9)16-14/h3-8,16-17H,1-2H3. The van der Waals surface area contributed by atoms with Crippen LogP contribution in [0.5, 0.6) is 5.75 Å². The van der Waals surface area contributed by atoms with Gasteiger partial charge in [-0.15, -0.1) is 0 Å². The SMILES string of the molecule is COc1cnc(C(C)O)c2[nH]c3ccccc3c12. The predicted octanol–water partition coefficient (Wildman–Crippen LogP) is 2.78. The van der Waals surface area contributed by atoms with Crippen molar-refractivity contribution in [1.29, 1.82) is 0 Å². The van der Waals surface area contributed by atoms with E-state index in [0.717, 1.165) is 21.8 Å². The van der Waals surface area contributed by atoms with E-state index in [2.05, 4.69) is 9.97 Å². The van der Waals surface area contributed by atoms with E-state index in [1.54, 1.807) is 20.2 Å². The molecule has 3 rings (SSSR count). The Bertz CT molecular complexity index is 716. The Morgan fingerprint density at radius 3 is 2.83 bits per heavy atom. The summed E-state index contributed by atoms with van der Waals surface area (Å²) in [5, 5.41) is 11.8. The second kappa shape index (κ2) is 3.99. The lowest BCUT2D eigenvalue weighted by Gasteiger charge is -2.08. The molecule has 0 amide bonds. The highest BCUT2D eigenvalue weighted by Crippen LogP contribution is 2.35. The number of fused-ring (bicyclic) bond motifs is 3. The molecule has 0 fully saturated rings. The van der Waals surface area contributed by atoms with Crippen LogP contribution in [-0.2, 0) is 0 Å². The average molecular weight is 242 g/mol. The molecule has 0 radical (unpaired) electrons. The number of H-pyrrole nitrogens is 1. The van der Waals surface area contributed by atoms with Gasteiger partial charge >= 0.3 is 0 Å². The van der Waals surface area contributed by atoms with E-state index in [1.807, 2.05) is 24.3 Å². The highest BCUT2D eigenvalue weighted by Gasteiger charge is 2.16. The summed E-state index contributed by atoms with van der Waals surface area (Å²) in [5.41, 5.74) is 2.49. The summed E-state index contributed by atoms with van der Waals surface area (Å²) in [6.45, 7) is 1.71. The molecule has 2 aromatic heterocycles. The maximum absolute atomic E-state index is 9.79. The largest absolute Gasteiger partial charge is 0.494 e. The molecule has 4 nitrogen and oxygen atoms in total. The van der Waals surface area contributed by atoms with Crippen LogP contribution in [0.2, 0.25) is 0 Å². The molecule has 0 aliphatic rings. The summed E-state index contributed by atoms with van der Waals surface area (Å²) in [6, 6.07) is 7.99. The molecule has 3 aromatic rings. The number of methoxy groups -OCH3 is 1. The maximum atomic E-state index is 9.79. The van der Waals surface area contributed by atoms with Crippen LogP contribution in [0, 0.1) is 0 Å².